The van der Waals surface area contributed by atoms with E-state index in [-0.39, 0.29) is 0 Å². The van der Waals surface area contributed by atoms with E-state index < -0.39 is 0 Å². The maximum absolute atomic E-state index is 5.31. The van der Waals surface area contributed by atoms with E-state index in [2.05, 4.69) is 30.5 Å². The maximum Gasteiger partial charge on any atom is 0.0717 e. The SMILES string of the molecule is CCOCc1cccc(SC)c1. The van der Waals surface area contributed by atoms with Gasteiger partial charge < -0.3 is 4.74 Å². The van der Waals surface area contributed by atoms with Gasteiger partial charge >= 0.3 is 0 Å². The van der Waals surface area contributed by atoms with Crippen molar-refractivity contribution in [2.24, 2.45) is 0 Å². The van der Waals surface area contributed by atoms with E-state index in [1.807, 2.05) is 6.92 Å². The second-order valence-electron chi connectivity index (χ2n) is 2.49. The van der Waals surface area contributed by atoms with Crippen LogP contribution < -0.4 is 0 Å². The summed E-state index contributed by atoms with van der Waals surface area (Å²) in [5, 5.41) is 0. The highest BCUT2D eigenvalue weighted by Gasteiger charge is 1.93. The van der Waals surface area contributed by atoms with Crippen LogP contribution in [0.1, 0.15) is 12.5 Å². The molecule has 1 aromatic rings. The topological polar surface area (TPSA) is 9.23 Å². The lowest BCUT2D eigenvalue weighted by Crippen LogP contribution is -1.91. The van der Waals surface area contributed by atoms with Crippen LogP contribution in [0, 0.1) is 0 Å². The molecule has 0 unspecified atom stereocenters. The lowest BCUT2D eigenvalue weighted by molar-refractivity contribution is 0.134. The third-order valence-corrected chi connectivity index (χ3v) is 2.33. The fraction of sp³-hybridized carbons (Fsp3) is 0.400. The second-order valence-corrected chi connectivity index (χ2v) is 3.37. The van der Waals surface area contributed by atoms with Crippen LogP contribution in [-0.2, 0) is 11.3 Å². The van der Waals surface area contributed by atoms with Crippen molar-refractivity contribution in [3.8, 4) is 0 Å². The molecule has 0 spiro atoms. The molecular formula is C10H14OS. The second kappa shape index (κ2) is 5.22. The monoisotopic (exact) mass is 182 g/mol. The molecule has 0 N–H and O–H groups in total. The van der Waals surface area contributed by atoms with Gasteiger partial charge in [0.2, 0.25) is 0 Å². The molecule has 0 aliphatic heterocycles. The van der Waals surface area contributed by atoms with Crippen molar-refractivity contribution < 1.29 is 4.74 Å². The van der Waals surface area contributed by atoms with Gasteiger partial charge in [-0.2, -0.15) is 0 Å². The average Bonchev–Trinajstić information content (AvgIpc) is 2.15. The molecule has 0 atom stereocenters. The highest BCUT2D eigenvalue weighted by Crippen LogP contribution is 2.16. The summed E-state index contributed by atoms with van der Waals surface area (Å²) in [5.74, 6) is 0. The Kier molecular flexibility index (Phi) is 4.19. The van der Waals surface area contributed by atoms with Gasteiger partial charge in [0, 0.05) is 11.5 Å². The predicted octanol–water partition coefficient (Wildman–Crippen LogP) is 2.95. The van der Waals surface area contributed by atoms with Crippen LogP contribution >= 0.6 is 11.8 Å². The van der Waals surface area contributed by atoms with Crippen LogP contribution in [0.5, 0.6) is 0 Å². The quantitative estimate of drug-likeness (QED) is 0.662. The minimum Gasteiger partial charge on any atom is -0.377 e. The van der Waals surface area contributed by atoms with Gasteiger partial charge in [0.05, 0.1) is 6.61 Å². The summed E-state index contributed by atoms with van der Waals surface area (Å²) in [7, 11) is 0. The van der Waals surface area contributed by atoms with Crippen molar-refractivity contribution >= 4 is 11.8 Å². The van der Waals surface area contributed by atoms with Crippen molar-refractivity contribution in [1.29, 1.82) is 0 Å². The van der Waals surface area contributed by atoms with Gasteiger partial charge in [-0.25, -0.2) is 0 Å². The highest BCUT2D eigenvalue weighted by atomic mass is 32.2. The van der Waals surface area contributed by atoms with Crippen molar-refractivity contribution in [3.63, 3.8) is 0 Å². The average molecular weight is 182 g/mol. The first-order valence-electron chi connectivity index (χ1n) is 4.07. The molecule has 1 rings (SSSR count). The summed E-state index contributed by atoms with van der Waals surface area (Å²) in [6, 6.07) is 8.44. The third-order valence-electron chi connectivity index (χ3n) is 1.61. The van der Waals surface area contributed by atoms with Crippen LogP contribution in [0.2, 0.25) is 0 Å². The zero-order valence-corrected chi connectivity index (χ0v) is 8.36. The molecule has 66 valence electrons. The van der Waals surface area contributed by atoms with Crippen molar-refractivity contribution in [1.82, 2.24) is 0 Å². The van der Waals surface area contributed by atoms with Gasteiger partial charge in [-0.1, -0.05) is 12.1 Å². The van der Waals surface area contributed by atoms with E-state index in [1.54, 1.807) is 11.8 Å². The normalized spacial score (nSPS) is 10.2. The molecule has 0 radical (unpaired) electrons. The van der Waals surface area contributed by atoms with Crippen molar-refractivity contribution in [3.05, 3.63) is 29.8 Å². The van der Waals surface area contributed by atoms with Gasteiger partial charge in [-0.3, -0.25) is 0 Å². The number of benzene rings is 1. The molecule has 0 heterocycles. The Hall–Kier alpha value is -0.470. The molecule has 0 saturated carbocycles. The Bertz CT molecular complexity index is 235. The Morgan fingerprint density at radius 1 is 1.42 bits per heavy atom. The molecule has 1 nitrogen and oxygen atoms in total. The summed E-state index contributed by atoms with van der Waals surface area (Å²) in [6.07, 6.45) is 2.08. The largest absolute Gasteiger partial charge is 0.377 e. The first-order chi connectivity index (χ1) is 5.86. The van der Waals surface area contributed by atoms with E-state index in [0.29, 0.717) is 0 Å². The number of hydrogen-bond acceptors (Lipinski definition) is 2. The molecule has 0 bridgehead atoms. The summed E-state index contributed by atoms with van der Waals surface area (Å²) < 4.78 is 5.31. The Morgan fingerprint density at radius 2 is 2.25 bits per heavy atom. The van der Waals surface area contributed by atoms with Gasteiger partial charge in [-0.15, -0.1) is 11.8 Å². The molecule has 0 fully saturated rings. The van der Waals surface area contributed by atoms with E-state index in [0.717, 1.165) is 13.2 Å². The van der Waals surface area contributed by atoms with Gasteiger partial charge in [0.25, 0.3) is 0 Å². The van der Waals surface area contributed by atoms with Crippen LogP contribution in [0.25, 0.3) is 0 Å². The molecule has 0 aliphatic rings. The zero-order chi connectivity index (χ0) is 8.81. The fourth-order valence-corrected chi connectivity index (χ4v) is 1.47. The van der Waals surface area contributed by atoms with E-state index in [1.165, 1.54) is 10.5 Å². The molecule has 0 amide bonds. The maximum atomic E-state index is 5.31. The number of ether oxygens (including phenoxy) is 1. The lowest BCUT2D eigenvalue weighted by atomic mass is 10.2. The van der Waals surface area contributed by atoms with E-state index >= 15 is 0 Å². The van der Waals surface area contributed by atoms with Gasteiger partial charge in [-0.05, 0) is 30.9 Å². The Labute approximate surface area is 78.1 Å². The first kappa shape index (κ1) is 9.62. The molecule has 0 saturated heterocycles. The lowest BCUT2D eigenvalue weighted by Gasteiger charge is -2.02. The first-order valence-corrected chi connectivity index (χ1v) is 5.30. The van der Waals surface area contributed by atoms with Crippen LogP contribution in [-0.4, -0.2) is 12.9 Å². The van der Waals surface area contributed by atoms with Crippen molar-refractivity contribution in [2.75, 3.05) is 12.9 Å². The fourth-order valence-electron chi connectivity index (χ4n) is 0.982. The number of rotatable bonds is 4. The molecule has 0 aliphatic carbocycles. The van der Waals surface area contributed by atoms with Gasteiger partial charge in [0.1, 0.15) is 0 Å². The minimum absolute atomic E-state index is 0.727. The van der Waals surface area contributed by atoms with Crippen LogP contribution in [0.3, 0.4) is 0 Å². The Balaban J connectivity index is 2.60. The van der Waals surface area contributed by atoms with Gasteiger partial charge in [0.15, 0.2) is 0 Å². The van der Waals surface area contributed by atoms with E-state index in [9.17, 15) is 0 Å². The third kappa shape index (κ3) is 2.88. The molecule has 12 heavy (non-hydrogen) atoms. The molecule has 1 aromatic carbocycles. The summed E-state index contributed by atoms with van der Waals surface area (Å²) >= 11 is 1.76. The summed E-state index contributed by atoms with van der Waals surface area (Å²) in [6.45, 7) is 3.52. The zero-order valence-electron chi connectivity index (χ0n) is 7.54. The summed E-state index contributed by atoms with van der Waals surface area (Å²) in [4.78, 5) is 1.30. The van der Waals surface area contributed by atoms with Crippen molar-refractivity contribution in [2.45, 2.75) is 18.4 Å². The van der Waals surface area contributed by atoms with E-state index in [4.69, 9.17) is 4.74 Å². The van der Waals surface area contributed by atoms with Crippen LogP contribution in [0.15, 0.2) is 29.2 Å². The number of hydrogen-bond donors (Lipinski definition) is 0. The molecule has 2 heteroatoms. The van der Waals surface area contributed by atoms with Crippen LogP contribution in [0.4, 0.5) is 0 Å². The molecule has 0 aromatic heterocycles. The standard InChI is InChI=1S/C10H14OS/c1-3-11-8-9-5-4-6-10(7-9)12-2/h4-7H,3,8H2,1-2H3. The summed E-state index contributed by atoms with van der Waals surface area (Å²) in [5.41, 5.74) is 1.25. The smallest absolute Gasteiger partial charge is 0.0717 e. The number of thioether (sulfide) groups is 1. The predicted molar refractivity (Wildman–Crippen MR) is 53.6 cm³/mol. The minimum atomic E-state index is 0.727. The molecular weight excluding hydrogens is 168 g/mol. The Morgan fingerprint density at radius 3 is 2.92 bits per heavy atom. The highest BCUT2D eigenvalue weighted by molar-refractivity contribution is 7.98.